The molecule has 0 fully saturated rings. The molecule has 6 heteroatoms. The zero-order valence-electron chi connectivity index (χ0n) is 6.44. The molecule has 2 heterocycles. The molecule has 2 N–H and O–H groups in total. The third-order valence-electron chi connectivity index (χ3n) is 1.41. The van der Waals surface area contributed by atoms with Gasteiger partial charge in [0.1, 0.15) is 5.15 Å². The fraction of sp³-hybridized carbons (Fsp3) is 0. The van der Waals surface area contributed by atoms with E-state index in [1.807, 2.05) is 6.07 Å². The maximum absolute atomic E-state index is 5.64. The zero-order valence-corrected chi connectivity index (χ0v) is 8.01. The summed E-state index contributed by atoms with van der Waals surface area (Å²) in [5.41, 5.74) is 6.32. The van der Waals surface area contributed by atoms with E-state index >= 15 is 0 Å². The summed E-state index contributed by atoms with van der Waals surface area (Å²) in [6, 6.07) is 3.53. The van der Waals surface area contributed by atoms with Gasteiger partial charge in [0.2, 0.25) is 5.13 Å². The van der Waals surface area contributed by atoms with E-state index in [0.29, 0.717) is 10.3 Å². The van der Waals surface area contributed by atoms with E-state index in [0.717, 1.165) is 10.6 Å². The number of hydrogen-bond donors (Lipinski definition) is 1. The van der Waals surface area contributed by atoms with Crippen molar-refractivity contribution in [1.82, 2.24) is 15.2 Å². The Hall–Kier alpha value is -1.20. The minimum atomic E-state index is 0.449. The van der Waals surface area contributed by atoms with Crippen molar-refractivity contribution in [3.05, 3.63) is 23.5 Å². The summed E-state index contributed by atoms with van der Waals surface area (Å²) >= 11 is 6.96. The number of nitrogen functional groups attached to an aromatic ring is 1. The molecule has 0 aliphatic carbocycles. The van der Waals surface area contributed by atoms with Crippen molar-refractivity contribution in [2.45, 2.75) is 0 Å². The maximum atomic E-state index is 5.64. The highest BCUT2D eigenvalue weighted by molar-refractivity contribution is 7.18. The number of pyridine rings is 1. The summed E-state index contributed by atoms with van der Waals surface area (Å²) in [6.07, 6.45) is 1.64. The van der Waals surface area contributed by atoms with Crippen LogP contribution in [-0.2, 0) is 0 Å². The predicted octanol–water partition coefficient (Wildman–Crippen LogP) is 1.84. The van der Waals surface area contributed by atoms with Gasteiger partial charge in [-0.1, -0.05) is 22.9 Å². The van der Waals surface area contributed by atoms with Crippen molar-refractivity contribution in [3.63, 3.8) is 0 Å². The van der Waals surface area contributed by atoms with Gasteiger partial charge in [0.15, 0.2) is 5.01 Å². The van der Waals surface area contributed by atoms with Crippen LogP contribution in [-0.4, -0.2) is 15.2 Å². The van der Waals surface area contributed by atoms with E-state index < -0.39 is 0 Å². The summed E-state index contributed by atoms with van der Waals surface area (Å²) in [4.78, 5) is 3.93. The maximum Gasteiger partial charge on any atom is 0.203 e. The van der Waals surface area contributed by atoms with Crippen molar-refractivity contribution in [3.8, 4) is 10.6 Å². The molecule has 4 nitrogen and oxygen atoms in total. The topological polar surface area (TPSA) is 64.7 Å². The van der Waals surface area contributed by atoms with Crippen molar-refractivity contribution in [2.75, 3.05) is 5.73 Å². The van der Waals surface area contributed by atoms with Gasteiger partial charge in [-0.2, -0.15) is 0 Å². The monoisotopic (exact) mass is 212 g/mol. The molecule has 2 rings (SSSR count). The lowest BCUT2D eigenvalue weighted by Gasteiger charge is -1.92. The highest BCUT2D eigenvalue weighted by Crippen LogP contribution is 2.24. The van der Waals surface area contributed by atoms with Crippen LogP contribution in [0.2, 0.25) is 5.15 Å². The molecule has 0 saturated carbocycles. The lowest BCUT2D eigenvalue weighted by atomic mass is 10.3. The molecular weight excluding hydrogens is 208 g/mol. The molecule has 2 aromatic rings. The Labute approximate surface area is 83.4 Å². The Morgan fingerprint density at radius 3 is 2.69 bits per heavy atom. The number of nitrogens with zero attached hydrogens (tertiary/aromatic N) is 3. The van der Waals surface area contributed by atoms with Gasteiger partial charge < -0.3 is 5.73 Å². The zero-order chi connectivity index (χ0) is 9.26. The smallest absolute Gasteiger partial charge is 0.203 e. The van der Waals surface area contributed by atoms with Crippen LogP contribution in [0, 0.1) is 0 Å². The van der Waals surface area contributed by atoms with Gasteiger partial charge in [0.05, 0.1) is 0 Å². The minimum absolute atomic E-state index is 0.449. The molecule has 0 amide bonds. The Morgan fingerprint density at radius 2 is 2.15 bits per heavy atom. The van der Waals surface area contributed by atoms with Crippen LogP contribution in [0.4, 0.5) is 5.13 Å². The quantitative estimate of drug-likeness (QED) is 0.733. The van der Waals surface area contributed by atoms with E-state index in [1.54, 1.807) is 12.3 Å². The molecule has 0 unspecified atom stereocenters. The summed E-state index contributed by atoms with van der Waals surface area (Å²) in [7, 11) is 0. The average molecular weight is 213 g/mol. The van der Waals surface area contributed by atoms with Crippen LogP contribution < -0.4 is 5.73 Å². The van der Waals surface area contributed by atoms with Gasteiger partial charge in [-0.05, 0) is 12.1 Å². The molecule has 0 saturated heterocycles. The largest absolute Gasteiger partial charge is 0.374 e. The molecule has 0 radical (unpaired) electrons. The van der Waals surface area contributed by atoms with Crippen molar-refractivity contribution < 1.29 is 0 Å². The standard InChI is InChI=1S/C7H5ClN4S/c8-5-2-1-4(3-10-5)6-11-12-7(9)13-6/h1-3H,(H2,9,12). The summed E-state index contributed by atoms with van der Waals surface area (Å²) in [5.74, 6) is 0. The minimum Gasteiger partial charge on any atom is -0.374 e. The number of halogens is 1. The molecule has 2 aromatic heterocycles. The van der Waals surface area contributed by atoms with Crippen LogP contribution in [0.5, 0.6) is 0 Å². The van der Waals surface area contributed by atoms with Crippen LogP contribution in [0.1, 0.15) is 0 Å². The fourth-order valence-electron chi connectivity index (χ4n) is 0.854. The Morgan fingerprint density at radius 1 is 1.31 bits per heavy atom. The Balaban J connectivity index is 2.41. The number of aromatic nitrogens is 3. The predicted molar refractivity (Wildman–Crippen MR) is 52.6 cm³/mol. The van der Waals surface area contributed by atoms with Crippen molar-refractivity contribution in [1.29, 1.82) is 0 Å². The van der Waals surface area contributed by atoms with Gasteiger partial charge in [0, 0.05) is 11.8 Å². The van der Waals surface area contributed by atoms with Gasteiger partial charge in [-0.25, -0.2) is 4.98 Å². The molecular formula is C7H5ClN4S. The third-order valence-corrected chi connectivity index (χ3v) is 2.44. The molecule has 0 bridgehead atoms. The van der Waals surface area contributed by atoms with Gasteiger partial charge in [-0.3, -0.25) is 0 Å². The van der Waals surface area contributed by atoms with E-state index in [1.165, 1.54) is 11.3 Å². The lowest BCUT2D eigenvalue weighted by Crippen LogP contribution is -1.80. The van der Waals surface area contributed by atoms with Crippen molar-refractivity contribution in [2.24, 2.45) is 0 Å². The van der Waals surface area contributed by atoms with Crippen LogP contribution in [0.25, 0.3) is 10.6 Å². The van der Waals surface area contributed by atoms with Gasteiger partial charge >= 0.3 is 0 Å². The summed E-state index contributed by atoms with van der Waals surface area (Å²) in [6.45, 7) is 0. The first-order valence-electron chi connectivity index (χ1n) is 3.46. The Kier molecular flexibility index (Phi) is 2.12. The van der Waals surface area contributed by atoms with Crippen molar-refractivity contribution >= 4 is 28.1 Å². The number of nitrogens with two attached hydrogens (primary N) is 1. The molecule has 0 spiro atoms. The molecule has 0 aliphatic heterocycles. The number of anilines is 1. The van der Waals surface area contributed by atoms with Gasteiger partial charge in [-0.15, -0.1) is 10.2 Å². The Bertz CT molecular complexity index is 411. The van der Waals surface area contributed by atoms with E-state index in [4.69, 9.17) is 17.3 Å². The first kappa shape index (κ1) is 8.40. The van der Waals surface area contributed by atoms with Crippen LogP contribution in [0.3, 0.4) is 0 Å². The lowest BCUT2D eigenvalue weighted by molar-refractivity contribution is 1.10. The molecule has 0 aliphatic rings. The third kappa shape index (κ3) is 1.76. The average Bonchev–Trinajstić information content (AvgIpc) is 2.53. The van der Waals surface area contributed by atoms with Gasteiger partial charge in [0.25, 0.3) is 0 Å². The number of rotatable bonds is 1. The molecule has 0 atom stereocenters. The van der Waals surface area contributed by atoms with E-state index in [-0.39, 0.29) is 0 Å². The fourth-order valence-corrected chi connectivity index (χ4v) is 1.57. The molecule has 66 valence electrons. The SMILES string of the molecule is Nc1nnc(-c2ccc(Cl)nc2)s1. The second-order valence-corrected chi connectivity index (χ2v) is 3.71. The van der Waals surface area contributed by atoms with Crippen LogP contribution in [0.15, 0.2) is 18.3 Å². The second-order valence-electron chi connectivity index (χ2n) is 2.32. The van der Waals surface area contributed by atoms with E-state index in [2.05, 4.69) is 15.2 Å². The second kappa shape index (κ2) is 3.27. The van der Waals surface area contributed by atoms with Crippen LogP contribution >= 0.6 is 22.9 Å². The summed E-state index contributed by atoms with van der Waals surface area (Å²) in [5, 5.41) is 9.24. The van der Waals surface area contributed by atoms with E-state index in [9.17, 15) is 0 Å². The molecule has 0 aromatic carbocycles. The normalized spacial score (nSPS) is 10.2. The number of hydrogen-bond acceptors (Lipinski definition) is 5. The molecule has 13 heavy (non-hydrogen) atoms. The highest BCUT2D eigenvalue weighted by atomic mass is 35.5. The summed E-state index contributed by atoms with van der Waals surface area (Å²) < 4.78 is 0. The highest BCUT2D eigenvalue weighted by Gasteiger charge is 2.03. The first-order chi connectivity index (χ1) is 6.25. The first-order valence-corrected chi connectivity index (χ1v) is 4.66.